The van der Waals surface area contributed by atoms with Crippen LogP contribution >= 0.6 is 27.3 Å². The Morgan fingerprint density at radius 1 is 1.30 bits per heavy atom. The molecule has 0 aliphatic heterocycles. The molecule has 3 nitrogen and oxygen atoms in total. The minimum Gasteiger partial charge on any atom is -0.314 e. The molecule has 0 aromatic carbocycles. The molecule has 0 atom stereocenters. The van der Waals surface area contributed by atoms with Gasteiger partial charge in [-0.1, -0.05) is 26.7 Å². The molecule has 0 radical (unpaired) electrons. The van der Waals surface area contributed by atoms with Crippen LogP contribution in [-0.2, 0) is 13.0 Å². The SMILES string of the molecule is CCCCc1nc2sc(Br)cc2c(=NC)n1CCCC. The van der Waals surface area contributed by atoms with Crippen molar-refractivity contribution in [3.05, 3.63) is 21.2 Å². The van der Waals surface area contributed by atoms with E-state index in [1.54, 1.807) is 11.3 Å². The van der Waals surface area contributed by atoms with Crippen LogP contribution in [0.2, 0.25) is 0 Å². The van der Waals surface area contributed by atoms with Crippen LogP contribution in [0.1, 0.15) is 45.4 Å². The van der Waals surface area contributed by atoms with Crippen LogP contribution in [-0.4, -0.2) is 16.6 Å². The third kappa shape index (κ3) is 3.31. The number of halogens is 1. The molecule has 2 rings (SSSR count). The fourth-order valence-electron chi connectivity index (χ4n) is 2.36. The van der Waals surface area contributed by atoms with Crippen LogP contribution in [0.4, 0.5) is 0 Å². The molecule has 0 amide bonds. The molecule has 0 unspecified atom stereocenters. The molecular weight excluding hydrogens is 334 g/mol. The predicted octanol–water partition coefficient (Wildman–Crippen LogP) is 4.53. The van der Waals surface area contributed by atoms with Gasteiger partial charge in [0.25, 0.3) is 0 Å². The number of nitrogens with zero attached hydrogens (tertiary/aromatic N) is 3. The second-order valence-electron chi connectivity index (χ2n) is 4.95. The Kier molecular flexibility index (Phi) is 5.78. The van der Waals surface area contributed by atoms with E-state index in [9.17, 15) is 0 Å². The summed E-state index contributed by atoms with van der Waals surface area (Å²) in [6.07, 6.45) is 5.77. The van der Waals surface area contributed by atoms with E-state index in [2.05, 4.69) is 45.4 Å². The largest absolute Gasteiger partial charge is 0.314 e. The maximum Gasteiger partial charge on any atom is 0.139 e. The summed E-state index contributed by atoms with van der Waals surface area (Å²) in [4.78, 5) is 10.5. The van der Waals surface area contributed by atoms with E-state index in [1.807, 2.05) is 7.05 Å². The number of thiophene rings is 1. The highest BCUT2D eigenvalue weighted by atomic mass is 79.9. The Morgan fingerprint density at radius 3 is 2.70 bits per heavy atom. The number of unbranched alkanes of at least 4 members (excludes halogenated alkanes) is 2. The van der Waals surface area contributed by atoms with Gasteiger partial charge in [-0.3, -0.25) is 4.99 Å². The van der Waals surface area contributed by atoms with E-state index >= 15 is 0 Å². The van der Waals surface area contributed by atoms with Crippen molar-refractivity contribution in [2.45, 2.75) is 52.5 Å². The molecule has 0 aliphatic carbocycles. The van der Waals surface area contributed by atoms with Crippen LogP contribution in [0.5, 0.6) is 0 Å². The molecular formula is C15H22BrN3S. The Labute approximate surface area is 132 Å². The standard InChI is InChI=1S/C15H22BrN3S/c1-4-6-8-13-18-15-11(10-12(16)20-15)14(17-3)19(13)9-7-5-2/h10H,4-9H2,1-3H3. The monoisotopic (exact) mass is 355 g/mol. The van der Waals surface area contributed by atoms with Crippen LogP contribution in [0, 0.1) is 0 Å². The predicted molar refractivity (Wildman–Crippen MR) is 90.3 cm³/mol. The highest BCUT2D eigenvalue weighted by Crippen LogP contribution is 2.26. The highest BCUT2D eigenvalue weighted by Gasteiger charge is 2.11. The lowest BCUT2D eigenvalue weighted by Crippen LogP contribution is -2.26. The van der Waals surface area contributed by atoms with Crippen LogP contribution in [0.3, 0.4) is 0 Å². The van der Waals surface area contributed by atoms with Crippen molar-refractivity contribution < 1.29 is 0 Å². The fraction of sp³-hybridized carbons (Fsp3) is 0.600. The van der Waals surface area contributed by atoms with Gasteiger partial charge in [0.05, 0.1) is 9.17 Å². The summed E-state index contributed by atoms with van der Waals surface area (Å²) in [6.45, 7) is 5.46. The van der Waals surface area contributed by atoms with Crippen molar-refractivity contribution >= 4 is 37.5 Å². The summed E-state index contributed by atoms with van der Waals surface area (Å²) in [6, 6.07) is 2.14. The number of aromatic nitrogens is 2. The van der Waals surface area contributed by atoms with Crippen molar-refractivity contribution in [2.24, 2.45) is 4.99 Å². The van der Waals surface area contributed by atoms with Gasteiger partial charge in [-0.05, 0) is 34.8 Å². The van der Waals surface area contributed by atoms with Gasteiger partial charge in [0, 0.05) is 20.0 Å². The molecule has 2 aromatic rings. The van der Waals surface area contributed by atoms with Gasteiger partial charge in [-0.2, -0.15) is 0 Å². The quantitative estimate of drug-likeness (QED) is 0.748. The number of fused-ring (bicyclic) bond motifs is 1. The van der Waals surface area contributed by atoms with E-state index in [0.29, 0.717) is 0 Å². The van der Waals surface area contributed by atoms with E-state index in [1.165, 1.54) is 36.9 Å². The third-order valence-corrected chi connectivity index (χ3v) is 4.95. The third-order valence-electron chi connectivity index (χ3n) is 3.42. The summed E-state index contributed by atoms with van der Waals surface area (Å²) in [5, 5.41) is 1.17. The molecule has 0 aliphatic rings. The first-order valence-corrected chi connectivity index (χ1v) is 8.93. The Balaban J connectivity index is 2.61. The van der Waals surface area contributed by atoms with Gasteiger partial charge < -0.3 is 4.57 Å². The summed E-state index contributed by atoms with van der Waals surface area (Å²) in [7, 11) is 1.88. The zero-order chi connectivity index (χ0) is 14.5. The summed E-state index contributed by atoms with van der Waals surface area (Å²) < 4.78 is 3.44. The minimum absolute atomic E-state index is 1.01. The molecule has 0 spiro atoms. The average molecular weight is 356 g/mol. The summed E-state index contributed by atoms with van der Waals surface area (Å²) >= 11 is 5.26. The van der Waals surface area contributed by atoms with Crippen LogP contribution < -0.4 is 5.49 Å². The van der Waals surface area contributed by atoms with Crippen molar-refractivity contribution in [1.82, 2.24) is 9.55 Å². The highest BCUT2D eigenvalue weighted by molar-refractivity contribution is 9.11. The van der Waals surface area contributed by atoms with Crippen molar-refractivity contribution in [1.29, 1.82) is 0 Å². The lowest BCUT2D eigenvalue weighted by atomic mass is 10.2. The molecule has 0 fully saturated rings. The van der Waals surface area contributed by atoms with E-state index < -0.39 is 0 Å². The lowest BCUT2D eigenvalue weighted by Gasteiger charge is -2.13. The first-order chi connectivity index (χ1) is 9.71. The molecule has 0 bridgehead atoms. The number of aryl methyl sites for hydroxylation is 1. The number of hydrogen-bond donors (Lipinski definition) is 0. The molecule has 2 heterocycles. The number of rotatable bonds is 6. The second kappa shape index (κ2) is 7.36. The van der Waals surface area contributed by atoms with Gasteiger partial charge in [-0.15, -0.1) is 11.3 Å². The van der Waals surface area contributed by atoms with Crippen LogP contribution in [0.15, 0.2) is 14.8 Å². The maximum absolute atomic E-state index is 4.89. The topological polar surface area (TPSA) is 30.2 Å². The van der Waals surface area contributed by atoms with Crippen LogP contribution in [0.25, 0.3) is 10.2 Å². The van der Waals surface area contributed by atoms with Crippen molar-refractivity contribution in [2.75, 3.05) is 7.05 Å². The zero-order valence-corrected chi connectivity index (χ0v) is 14.9. The maximum atomic E-state index is 4.89. The van der Waals surface area contributed by atoms with Gasteiger partial charge in [0.2, 0.25) is 0 Å². The van der Waals surface area contributed by atoms with Gasteiger partial charge in [-0.25, -0.2) is 4.98 Å². The van der Waals surface area contributed by atoms with Gasteiger partial charge in [0.15, 0.2) is 0 Å². The molecule has 5 heteroatoms. The Bertz CT molecular complexity index is 642. The second-order valence-corrected chi connectivity index (χ2v) is 7.36. The Morgan fingerprint density at radius 2 is 2.05 bits per heavy atom. The number of hydrogen-bond acceptors (Lipinski definition) is 3. The van der Waals surface area contributed by atoms with Gasteiger partial charge in [0.1, 0.15) is 16.1 Å². The molecule has 0 N–H and O–H groups in total. The molecule has 110 valence electrons. The smallest absolute Gasteiger partial charge is 0.139 e. The van der Waals surface area contributed by atoms with E-state index in [-0.39, 0.29) is 0 Å². The summed E-state index contributed by atoms with van der Waals surface area (Å²) in [5.41, 5.74) is 1.08. The first kappa shape index (κ1) is 15.7. The Hall–Kier alpha value is -0.680. The first-order valence-electron chi connectivity index (χ1n) is 7.32. The van der Waals surface area contributed by atoms with E-state index in [0.717, 1.165) is 27.1 Å². The van der Waals surface area contributed by atoms with Crippen molar-refractivity contribution in [3.63, 3.8) is 0 Å². The molecule has 20 heavy (non-hydrogen) atoms. The summed E-state index contributed by atoms with van der Waals surface area (Å²) in [5.74, 6) is 1.18. The van der Waals surface area contributed by atoms with Gasteiger partial charge >= 0.3 is 0 Å². The molecule has 0 saturated carbocycles. The zero-order valence-electron chi connectivity index (χ0n) is 12.4. The minimum atomic E-state index is 1.01. The molecule has 0 saturated heterocycles. The fourth-order valence-corrected chi connectivity index (χ4v) is 3.82. The lowest BCUT2D eigenvalue weighted by molar-refractivity contribution is 0.560. The van der Waals surface area contributed by atoms with E-state index in [4.69, 9.17) is 4.98 Å². The molecule has 2 aromatic heterocycles. The normalized spacial score (nSPS) is 12.5. The van der Waals surface area contributed by atoms with Crippen molar-refractivity contribution in [3.8, 4) is 0 Å². The average Bonchev–Trinajstić information content (AvgIpc) is 2.81.